The van der Waals surface area contributed by atoms with Gasteiger partial charge in [0.25, 0.3) is 0 Å². The average molecular weight is 215 g/mol. The van der Waals surface area contributed by atoms with Crippen LogP contribution in [0.15, 0.2) is 0 Å². The third-order valence-corrected chi connectivity index (χ3v) is 2.28. The van der Waals surface area contributed by atoms with E-state index in [1.165, 1.54) is 0 Å². The molecule has 0 atom stereocenters. The molecule has 5 heteroatoms. The van der Waals surface area contributed by atoms with Crippen LogP contribution in [0.5, 0.6) is 0 Å². The van der Waals surface area contributed by atoms with Crippen LogP contribution in [0, 0.1) is 4.77 Å². The van der Waals surface area contributed by atoms with Gasteiger partial charge in [0.2, 0.25) is 0 Å². The first-order chi connectivity index (χ1) is 6.79. The zero-order valence-electron chi connectivity index (χ0n) is 8.75. The molecule has 4 nitrogen and oxygen atoms in total. The number of nitrogens with one attached hydrogen (secondary N) is 1. The van der Waals surface area contributed by atoms with Gasteiger partial charge in [-0.3, -0.25) is 5.10 Å². The third kappa shape index (κ3) is 2.92. The molecule has 0 aliphatic rings. The van der Waals surface area contributed by atoms with Gasteiger partial charge in [-0.2, -0.15) is 5.10 Å². The van der Waals surface area contributed by atoms with Gasteiger partial charge in [0.15, 0.2) is 4.77 Å². The first-order valence-electron chi connectivity index (χ1n) is 5.01. The molecule has 1 aromatic heterocycles. The van der Waals surface area contributed by atoms with Crippen molar-refractivity contribution < 1.29 is 4.74 Å². The summed E-state index contributed by atoms with van der Waals surface area (Å²) in [5, 5.41) is 6.94. The molecule has 0 aliphatic heterocycles. The van der Waals surface area contributed by atoms with Crippen molar-refractivity contribution in [3.63, 3.8) is 0 Å². The summed E-state index contributed by atoms with van der Waals surface area (Å²) in [4.78, 5) is 0. The summed E-state index contributed by atoms with van der Waals surface area (Å²) in [5.41, 5.74) is 0. The lowest BCUT2D eigenvalue weighted by atomic mass is 10.4. The number of rotatable bonds is 6. The van der Waals surface area contributed by atoms with Crippen molar-refractivity contribution >= 4 is 12.2 Å². The predicted octanol–water partition coefficient (Wildman–Crippen LogP) is 1.93. The second kappa shape index (κ2) is 5.93. The molecule has 80 valence electrons. The maximum atomic E-state index is 5.39. The highest BCUT2D eigenvalue weighted by molar-refractivity contribution is 7.71. The van der Waals surface area contributed by atoms with Gasteiger partial charge in [-0.05, 0) is 25.6 Å². The van der Waals surface area contributed by atoms with Crippen LogP contribution in [0.25, 0.3) is 0 Å². The molecule has 14 heavy (non-hydrogen) atoms. The fraction of sp³-hybridized carbons (Fsp3) is 0.778. The summed E-state index contributed by atoms with van der Waals surface area (Å²) in [7, 11) is 0. The van der Waals surface area contributed by atoms with Crippen LogP contribution in [0.1, 0.15) is 26.1 Å². The number of H-pyrrole nitrogens is 1. The summed E-state index contributed by atoms with van der Waals surface area (Å²) in [6.45, 7) is 6.55. The van der Waals surface area contributed by atoms with E-state index >= 15 is 0 Å². The maximum absolute atomic E-state index is 5.39. The summed E-state index contributed by atoms with van der Waals surface area (Å²) < 4.78 is 8.08. The molecule has 1 rings (SSSR count). The molecule has 0 aliphatic carbocycles. The molecule has 0 bridgehead atoms. The van der Waals surface area contributed by atoms with E-state index in [0.717, 1.165) is 31.8 Å². The lowest BCUT2D eigenvalue weighted by Crippen LogP contribution is -2.07. The van der Waals surface area contributed by atoms with E-state index in [1.54, 1.807) is 0 Å². The molecule has 1 aromatic rings. The normalized spacial score (nSPS) is 10.7. The minimum Gasteiger partial charge on any atom is -0.381 e. The zero-order chi connectivity index (χ0) is 10.4. The van der Waals surface area contributed by atoms with Crippen LogP contribution in [-0.2, 0) is 17.7 Å². The number of hydrogen-bond donors (Lipinski definition) is 1. The topological polar surface area (TPSA) is 42.8 Å². The SMILES string of the molecule is CCCOCCc1n[nH]c(=S)n1CC. The van der Waals surface area contributed by atoms with Gasteiger partial charge in [0.1, 0.15) is 5.82 Å². The van der Waals surface area contributed by atoms with Gasteiger partial charge in [0.05, 0.1) is 6.61 Å². The fourth-order valence-corrected chi connectivity index (χ4v) is 1.56. The van der Waals surface area contributed by atoms with Crippen molar-refractivity contribution in [1.29, 1.82) is 0 Å². The Labute approximate surface area is 89.3 Å². The predicted molar refractivity (Wildman–Crippen MR) is 57.9 cm³/mol. The van der Waals surface area contributed by atoms with Crippen LogP contribution in [0.3, 0.4) is 0 Å². The minimum absolute atomic E-state index is 0.693. The van der Waals surface area contributed by atoms with E-state index in [0.29, 0.717) is 11.4 Å². The van der Waals surface area contributed by atoms with E-state index in [1.807, 2.05) is 4.57 Å². The molecule has 1 N–H and O–H groups in total. The Hall–Kier alpha value is -0.680. The quantitative estimate of drug-likeness (QED) is 0.582. The van der Waals surface area contributed by atoms with Gasteiger partial charge in [-0.1, -0.05) is 6.92 Å². The standard InChI is InChI=1S/C9H17N3OS/c1-3-6-13-7-5-8-10-11-9(14)12(8)4-2/h3-7H2,1-2H3,(H,11,14). The second-order valence-electron chi connectivity index (χ2n) is 3.05. The molecule has 0 radical (unpaired) electrons. The lowest BCUT2D eigenvalue weighted by Gasteiger charge is -2.03. The third-order valence-electron chi connectivity index (χ3n) is 1.97. The van der Waals surface area contributed by atoms with E-state index in [2.05, 4.69) is 24.0 Å². The Bertz CT molecular complexity index is 318. The van der Waals surface area contributed by atoms with Gasteiger partial charge >= 0.3 is 0 Å². The van der Waals surface area contributed by atoms with Crippen molar-refractivity contribution in [2.45, 2.75) is 33.2 Å². The van der Waals surface area contributed by atoms with E-state index < -0.39 is 0 Å². The Morgan fingerprint density at radius 2 is 2.21 bits per heavy atom. The van der Waals surface area contributed by atoms with Gasteiger partial charge < -0.3 is 9.30 Å². The average Bonchev–Trinajstić information content (AvgIpc) is 2.54. The van der Waals surface area contributed by atoms with E-state index in [9.17, 15) is 0 Å². The van der Waals surface area contributed by atoms with Crippen molar-refractivity contribution in [2.75, 3.05) is 13.2 Å². The summed E-state index contributed by atoms with van der Waals surface area (Å²) >= 11 is 5.08. The van der Waals surface area contributed by atoms with Crippen LogP contribution in [0.4, 0.5) is 0 Å². The number of hydrogen-bond acceptors (Lipinski definition) is 3. The second-order valence-corrected chi connectivity index (χ2v) is 3.44. The highest BCUT2D eigenvalue weighted by atomic mass is 32.1. The molecule has 1 heterocycles. The molecule has 0 saturated carbocycles. The minimum atomic E-state index is 0.693. The van der Waals surface area contributed by atoms with Crippen molar-refractivity contribution in [3.05, 3.63) is 10.6 Å². The smallest absolute Gasteiger partial charge is 0.195 e. The molecule has 0 aromatic carbocycles. The molecule has 0 fully saturated rings. The number of ether oxygens (including phenoxy) is 1. The molecular weight excluding hydrogens is 198 g/mol. The monoisotopic (exact) mass is 215 g/mol. The largest absolute Gasteiger partial charge is 0.381 e. The highest BCUT2D eigenvalue weighted by Crippen LogP contribution is 1.99. The molecule has 0 amide bonds. The fourth-order valence-electron chi connectivity index (χ4n) is 1.28. The number of nitrogens with zero attached hydrogens (tertiary/aromatic N) is 2. The molecule has 0 saturated heterocycles. The highest BCUT2D eigenvalue weighted by Gasteiger charge is 2.03. The van der Waals surface area contributed by atoms with E-state index in [4.69, 9.17) is 17.0 Å². The first kappa shape index (κ1) is 11.4. The maximum Gasteiger partial charge on any atom is 0.195 e. The molecule has 0 spiro atoms. The van der Waals surface area contributed by atoms with Gasteiger partial charge in [-0.25, -0.2) is 0 Å². The van der Waals surface area contributed by atoms with Crippen molar-refractivity contribution in [3.8, 4) is 0 Å². The van der Waals surface area contributed by atoms with E-state index in [-0.39, 0.29) is 0 Å². The van der Waals surface area contributed by atoms with Crippen molar-refractivity contribution in [1.82, 2.24) is 14.8 Å². The summed E-state index contributed by atoms with van der Waals surface area (Å²) in [5.74, 6) is 0.980. The van der Waals surface area contributed by atoms with Crippen LogP contribution in [0.2, 0.25) is 0 Å². The first-order valence-corrected chi connectivity index (χ1v) is 5.42. The Balaban J connectivity index is 2.46. The summed E-state index contributed by atoms with van der Waals surface area (Å²) in [6.07, 6.45) is 1.88. The van der Waals surface area contributed by atoms with Gasteiger partial charge in [-0.15, -0.1) is 0 Å². The van der Waals surface area contributed by atoms with Crippen LogP contribution < -0.4 is 0 Å². The van der Waals surface area contributed by atoms with Crippen molar-refractivity contribution in [2.24, 2.45) is 0 Å². The lowest BCUT2D eigenvalue weighted by molar-refractivity contribution is 0.136. The zero-order valence-corrected chi connectivity index (χ0v) is 9.56. The van der Waals surface area contributed by atoms with Crippen LogP contribution in [-0.4, -0.2) is 28.0 Å². The van der Waals surface area contributed by atoms with Crippen LogP contribution >= 0.6 is 12.2 Å². The summed E-state index contributed by atoms with van der Waals surface area (Å²) in [6, 6.07) is 0. The Morgan fingerprint density at radius 3 is 2.86 bits per heavy atom. The Kier molecular flexibility index (Phi) is 4.82. The number of aromatic amines is 1. The molecule has 0 unspecified atom stereocenters. The number of aromatic nitrogens is 3. The Morgan fingerprint density at radius 1 is 1.43 bits per heavy atom. The molecular formula is C9H17N3OS. The van der Waals surface area contributed by atoms with Gasteiger partial charge in [0, 0.05) is 19.6 Å².